The van der Waals surface area contributed by atoms with Crippen LogP contribution >= 0.6 is 11.8 Å². The normalized spacial score (nSPS) is 21.0. The number of rotatable bonds is 10. The lowest BCUT2D eigenvalue weighted by molar-refractivity contribution is -0.0623. The first-order valence-electron chi connectivity index (χ1n) is 10.4. The average molecular weight is 421 g/mol. The molecule has 3 aromatic carbocycles. The van der Waals surface area contributed by atoms with Crippen molar-refractivity contribution in [3.63, 3.8) is 0 Å². The molecule has 0 saturated carbocycles. The van der Waals surface area contributed by atoms with Crippen LogP contribution in [0.3, 0.4) is 0 Å². The fraction of sp³-hybridized carbons (Fsp3) is 0.308. The minimum Gasteiger partial charge on any atom is -0.374 e. The molecule has 1 fully saturated rings. The molecule has 0 aromatic heterocycles. The Morgan fingerprint density at radius 2 is 1.30 bits per heavy atom. The molecule has 3 nitrogen and oxygen atoms in total. The molecule has 4 heteroatoms. The lowest BCUT2D eigenvalue weighted by Gasteiger charge is -2.19. The highest BCUT2D eigenvalue weighted by atomic mass is 32.2. The van der Waals surface area contributed by atoms with Gasteiger partial charge in [-0.25, -0.2) is 0 Å². The van der Waals surface area contributed by atoms with Gasteiger partial charge in [-0.05, 0) is 16.7 Å². The van der Waals surface area contributed by atoms with E-state index in [9.17, 15) is 0 Å². The van der Waals surface area contributed by atoms with Crippen LogP contribution in [0.25, 0.3) is 0 Å². The standard InChI is InChI=1S/C26H28O3S/c1-4-10-21(11-5-1)17-27-19-25-24(28-18-22-12-6-2-7-13-22)16-26(29-25)30-20-23-14-8-3-9-15-23/h1-15,24-26H,16-20H2/t24-,25+,26?/m0/s1. The fourth-order valence-corrected chi connectivity index (χ4v) is 4.63. The van der Waals surface area contributed by atoms with Gasteiger partial charge >= 0.3 is 0 Å². The molecule has 1 saturated heterocycles. The molecule has 0 spiro atoms. The Labute approximate surface area is 183 Å². The van der Waals surface area contributed by atoms with Gasteiger partial charge in [-0.2, -0.15) is 0 Å². The molecule has 156 valence electrons. The molecule has 1 unspecified atom stereocenters. The van der Waals surface area contributed by atoms with E-state index < -0.39 is 0 Å². The Morgan fingerprint density at radius 1 is 0.733 bits per heavy atom. The van der Waals surface area contributed by atoms with Gasteiger partial charge in [-0.3, -0.25) is 0 Å². The first-order valence-corrected chi connectivity index (χ1v) is 11.5. The zero-order valence-corrected chi connectivity index (χ0v) is 17.9. The van der Waals surface area contributed by atoms with Gasteiger partial charge in [-0.1, -0.05) is 91.0 Å². The van der Waals surface area contributed by atoms with Crippen LogP contribution in [0.1, 0.15) is 23.1 Å². The minimum atomic E-state index is -0.0503. The smallest absolute Gasteiger partial charge is 0.109 e. The molecule has 1 aliphatic heterocycles. The van der Waals surface area contributed by atoms with Crippen LogP contribution in [0.15, 0.2) is 91.0 Å². The van der Waals surface area contributed by atoms with Crippen molar-refractivity contribution in [3.8, 4) is 0 Å². The molecule has 1 aliphatic rings. The Morgan fingerprint density at radius 3 is 1.93 bits per heavy atom. The second-order valence-electron chi connectivity index (χ2n) is 7.47. The van der Waals surface area contributed by atoms with Gasteiger partial charge in [0.05, 0.1) is 25.9 Å². The maximum Gasteiger partial charge on any atom is 0.109 e. The van der Waals surface area contributed by atoms with Gasteiger partial charge < -0.3 is 14.2 Å². The number of hydrogen-bond donors (Lipinski definition) is 0. The predicted octanol–water partition coefficient (Wildman–Crippen LogP) is 5.84. The molecule has 3 aromatic rings. The number of hydrogen-bond acceptors (Lipinski definition) is 4. The first-order chi connectivity index (χ1) is 14.9. The second kappa shape index (κ2) is 11.3. The molecule has 0 aliphatic carbocycles. The lowest BCUT2D eigenvalue weighted by atomic mass is 10.2. The Kier molecular flexibility index (Phi) is 7.98. The summed E-state index contributed by atoms with van der Waals surface area (Å²) in [5, 5.41) is 0. The van der Waals surface area contributed by atoms with Crippen molar-refractivity contribution in [3.05, 3.63) is 108 Å². The highest BCUT2D eigenvalue weighted by Crippen LogP contribution is 2.33. The fourth-order valence-electron chi connectivity index (χ4n) is 3.52. The molecule has 3 atom stereocenters. The van der Waals surface area contributed by atoms with Crippen molar-refractivity contribution < 1.29 is 14.2 Å². The van der Waals surface area contributed by atoms with E-state index >= 15 is 0 Å². The van der Waals surface area contributed by atoms with E-state index in [4.69, 9.17) is 14.2 Å². The van der Waals surface area contributed by atoms with Crippen molar-refractivity contribution in [2.75, 3.05) is 6.61 Å². The third kappa shape index (κ3) is 6.44. The number of benzene rings is 3. The molecule has 0 radical (unpaired) electrons. The summed E-state index contributed by atoms with van der Waals surface area (Å²) >= 11 is 1.84. The summed E-state index contributed by atoms with van der Waals surface area (Å²) < 4.78 is 18.6. The molecule has 0 bridgehead atoms. The topological polar surface area (TPSA) is 27.7 Å². The van der Waals surface area contributed by atoms with Crippen molar-refractivity contribution in [1.29, 1.82) is 0 Å². The van der Waals surface area contributed by atoms with Crippen LogP contribution in [0, 0.1) is 0 Å². The third-order valence-corrected chi connectivity index (χ3v) is 6.32. The largest absolute Gasteiger partial charge is 0.374 e. The van der Waals surface area contributed by atoms with E-state index in [0.717, 1.165) is 12.2 Å². The van der Waals surface area contributed by atoms with Crippen molar-refractivity contribution in [2.24, 2.45) is 0 Å². The number of ether oxygens (including phenoxy) is 3. The molecule has 0 amide bonds. The van der Waals surface area contributed by atoms with E-state index in [1.165, 1.54) is 16.7 Å². The Hall–Kier alpha value is -2.11. The van der Waals surface area contributed by atoms with Crippen LogP contribution in [-0.2, 0) is 33.2 Å². The monoisotopic (exact) mass is 420 g/mol. The van der Waals surface area contributed by atoms with Crippen molar-refractivity contribution in [2.45, 2.75) is 43.0 Å². The van der Waals surface area contributed by atoms with Crippen LogP contribution in [0.5, 0.6) is 0 Å². The highest BCUT2D eigenvalue weighted by molar-refractivity contribution is 7.99. The highest BCUT2D eigenvalue weighted by Gasteiger charge is 2.36. The summed E-state index contributed by atoms with van der Waals surface area (Å²) in [6, 6.07) is 31.1. The molecule has 4 rings (SSSR count). The maximum absolute atomic E-state index is 6.34. The zero-order valence-electron chi connectivity index (χ0n) is 17.1. The van der Waals surface area contributed by atoms with E-state index in [1.807, 2.05) is 54.2 Å². The summed E-state index contributed by atoms with van der Waals surface area (Å²) in [6.45, 7) is 1.73. The molecule has 0 N–H and O–H groups in total. The second-order valence-corrected chi connectivity index (χ2v) is 8.62. The Balaban J connectivity index is 1.31. The van der Waals surface area contributed by atoms with E-state index in [2.05, 4.69) is 48.5 Å². The minimum absolute atomic E-state index is 0.0363. The Bertz CT molecular complexity index is 857. The van der Waals surface area contributed by atoms with E-state index in [-0.39, 0.29) is 17.6 Å². The lowest BCUT2D eigenvalue weighted by Crippen LogP contribution is -2.29. The summed E-state index contributed by atoms with van der Waals surface area (Å²) in [5.74, 6) is 0.939. The van der Waals surface area contributed by atoms with Crippen LogP contribution in [-0.4, -0.2) is 24.3 Å². The molecular formula is C26H28O3S. The van der Waals surface area contributed by atoms with Crippen LogP contribution in [0.4, 0.5) is 0 Å². The SMILES string of the molecule is c1ccc(COC[C@H]2OC(SCc3ccccc3)C[C@@H]2OCc2ccccc2)cc1. The molecular weight excluding hydrogens is 392 g/mol. The summed E-state index contributed by atoms with van der Waals surface area (Å²) in [6.07, 6.45) is 0.865. The van der Waals surface area contributed by atoms with Gasteiger partial charge in [0.2, 0.25) is 0 Å². The zero-order chi connectivity index (χ0) is 20.4. The van der Waals surface area contributed by atoms with Crippen molar-refractivity contribution in [1.82, 2.24) is 0 Å². The van der Waals surface area contributed by atoms with E-state index in [1.54, 1.807) is 0 Å². The average Bonchev–Trinajstić information content (AvgIpc) is 3.20. The van der Waals surface area contributed by atoms with Gasteiger partial charge in [0.1, 0.15) is 11.5 Å². The van der Waals surface area contributed by atoms with Gasteiger partial charge in [0.25, 0.3) is 0 Å². The summed E-state index contributed by atoms with van der Waals surface area (Å²) in [4.78, 5) is 0. The van der Waals surface area contributed by atoms with E-state index in [0.29, 0.717) is 19.8 Å². The van der Waals surface area contributed by atoms with Crippen molar-refractivity contribution >= 4 is 11.8 Å². The maximum atomic E-state index is 6.34. The van der Waals surface area contributed by atoms with Gasteiger partial charge in [-0.15, -0.1) is 11.8 Å². The quantitative estimate of drug-likeness (QED) is 0.412. The number of thioether (sulfide) groups is 1. The summed E-state index contributed by atoms with van der Waals surface area (Å²) in [5.41, 5.74) is 3.79. The third-order valence-electron chi connectivity index (χ3n) is 5.15. The van der Waals surface area contributed by atoms with Crippen LogP contribution < -0.4 is 0 Å². The van der Waals surface area contributed by atoms with Crippen LogP contribution in [0.2, 0.25) is 0 Å². The van der Waals surface area contributed by atoms with Gasteiger partial charge in [0, 0.05) is 12.2 Å². The molecule has 30 heavy (non-hydrogen) atoms. The first kappa shape index (κ1) is 21.1. The van der Waals surface area contributed by atoms with Gasteiger partial charge in [0.15, 0.2) is 0 Å². The molecule has 1 heterocycles. The summed E-state index contributed by atoms with van der Waals surface area (Å²) in [7, 11) is 0. The predicted molar refractivity (Wildman–Crippen MR) is 122 cm³/mol.